The van der Waals surface area contributed by atoms with Gasteiger partial charge in [0, 0.05) is 11.5 Å². The first-order chi connectivity index (χ1) is 14.8. The van der Waals surface area contributed by atoms with Gasteiger partial charge in [-0.25, -0.2) is 9.48 Å². The van der Waals surface area contributed by atoms with E-state index in [1.165, 1.54) is 16.7 Å². The molecule has 4 rings (SSSR count). The number of hydrogen-bond acceptors (Lipinski definition) is 10. The second-order valence-corrected chi connectivity index (χ2v) is 8.99. The highest BCUT2D eigenvalue weighted by molar-refractivity contribution is 8.01. The van der Waals surface area contributed by atoms with E-state index in [2.05, 4.69) is 32.7 Å². The number of nitriles is 1. The largest absolute Gasteiger partial charge is 0.480 e. The van der Waals surface area contributed by atoms with Crippen LogP contribution in [0.4, 0.5) is 0 Å². The molecule has 3 N–H and O–H groups in total. The molecule has 3 heterocycles. The van der Waals surface area contributed by atoms with E-state index in [-0.39, 0.29) is 21.6 Å². The Kier molecular flexibility index (Phi) is 5.34. The van der Waals surface area contributed by atoms with Gasteiger partial charge in [-0.3, -0.25) is 14.5 Å². The second-order valence-electron chi connectivity index (χ2n) is 6.53. The molecule has 31 heavy (non-hydrogen) atoms. The number of carboxylic acids is 2. The Morgan fingerprint density at radius 3 is 2.81 bits per heavy atom. The van der Waals surface area contributed by atoms with E-state index in [0.29, 0.717) is 11.3 Å². The second kappa shape index (κ2) is 7.84. The van der Waals surface area contributed by atoms with E-state index in [1.54, 1.807) is 0 Å². The maximum Gasteiger partial charge on any atom is 0.352 e. The lowest BCUT2D eigenvalue weighted by atomic mass is 10.00. The fraction of sp³-hybridized carbons (Fsp3) is 0.375. The molecule has 1 amide bonds. The number of rotatable bonds is 8. The van der Waals surface area contributed by atoms with Crippen LogP contribution in [0.2, 0.25) is 0 Å². The summed E-state index contributed by atoms with van der Waals surface area (Å²) >= 11 is 7.61. The standard InChI is InChI=1S/C16H11N7O5S3/c17-6-16(1-2-16)14(29)18-9-11(26)23-10(13(27)28)7(4-30-12(9)23)5-31-15-19-20-21-22(15)3-8(24)25/h9,12H,3-5H2,(H,18,29)(H,24,25)(H,27,28)/t9?,12-/m0/s1. The van der Waals surface area contributed by atoms with Crippen molar-refractivity contribution in [3.8, 4) is 17.9 Å². The Balaban J connectivity index is 1.47. The lowest BCUT2D eigenvalue weighted by Gasteiger charge is -2.50. The molecule has 0 saturated carbocycles. The van der Waals surface area contributed by atoms with Crippen LogP contribution in [-0.2, 0) is 20.9 Å². The first-order valence-corrected chi connectivity index (χ1v) is 11.0. The van der Waals surface area contributed by atoms with Crippen LogP contribution in [-0.4, -0.2) is 81.1 Å². The number of carboxylic acid groups (broad SMARTS) is 2. The van der Waals surface area contributed by atoms with Crippen LogP contribution in [0.15, 0.2) is 16.4 Å². The van der Waals surface area contributed by atoms with Crippen LogP contribution in [0.25, 0.3) is 0 Å². The highest BCUT2D eigenvalue weighted by Gasteiger charge is 2.55. The maximum absolute atomic E-state index is 12.7. The molecular formula is C16H11N7O5S3. The van der Waals surface area contributed by atoms with E-state index in [4.69, 9.17) is 22.6 Å². The van der Waals surface area contributed by atoms with Gasteiger partial charge in [0.15, 0.2) is 0 Å². The van der Waals surface area contributed by atoms with Crippen LogP contribution in [0.1, 0.15) is 0 Å². The summed E-state index contributed by atoms with van der Waals surface area (Å²) in [6.45, 7) is -0.428. The highest BCUT2D eigenvalue weighted by atomic mass is 32.2. The first kappa shape index (κ1) is 21.1. The van der Waals surface area contributed by atoms with Crippen molar-refractivity contribution in [2.75, 3.05) is 11.5 Å². The van der Waals surface area contributed by atoms with Crippen LogP contribution in [0, 0.1) is 28.6 Å². The molecule has 1 aliphatic carbocycles. The number of nitrogens with one attached hydrogen (secondary N) is 1. The Morgan fingerprint density at radius 1 is 1.45 bits per heavy atom. The number of thiocarbonyl (C=S) groups is 1. The minimum atomic E-state index is -1.25. The number of hydrogen-bond donors (Lipinski definition) is 3. The summed E-state index contributed by atoms with van der Waals surface area (Å²) in [6, 6.07) is 1.20. The molecule has 2 aliphatic heterocycles. The quantitative estimate of drug-likeness (QED) is 0.179. The number of carbonyl (C=O) groups is 3. The van der Waals surface area contributed by atoms with Crippen LogP contribution < -0.4 is 5.32 Å². The van der Waals surface area contributed by atoms with Crippen molar-refractivity contribution in [2.45, 2.75) is 23.1 Å². The summed E-state index contributed by atoms with van der Waals surface area (Å²) in [7, 11) is 0. The lowest BCUT2D eigenvalue weighted by molar-refractivity contribution is -0.148. The predicted molar refractivity (Wildman–Crippen MR) is 109 cm³/mol. The molecule has 1 unspecified atom stereocenters. The number of carbonyl (C=O) groups excluding carboxylic acids is 1. The molecule has 1 fully saturated rings. The van der Waals surface area contributed by atoms with Crippen molar-refractivity contribution in [3.05, 3.63) is 11.3 Å². The van der Waals surface area contributed by atoms with Gasteiger partial charge in [0.1, 0.15) is 34.7 Å². The average molecular weight is 478 g/mol. The molecule has 1 aromatic rings. The average Bonchev–Trinajstić information content (AvgIpc) is 3.43. The summed E-state index contributed by atoms with van der Waals surface area (Å²) in [5.74, 6) is 2.87. The van der Waals surface area contributed by atoms with Gasteiger partial charge >= 0.3 is 11.9 Å². The highest BCUT2D eigenvalue weighted by Crippen LogP contribution is 2.42. The van der Waals surface area contributed by atoms with Crippen molar-refractivity contribution in [2.24, 2.45) is 5.41 Å². The number of tetrazole rings is 1. The van der Waals surface area contributed by atoms with Crippen molar-refractivity contribution in [1.29, 1.82) is 5.26 Å². The SMILES string of the molecule is N#CC1(C(=S)NC2C(=O)N3C(C(=O)O)=C(CSc4nnnn4CC(=O)O)CS[C@@H]23)C#C1. The molecule has 15 heteroatoms. The van der Waals surface area contributed by atoms with Gasteiger partial charge in [-0.05, 0) is 16.0 Å². The Labute approximate surface area is 188 Å². The van der Waals surface area contributed by atoms with Gasteiger partial charge in [0.05, 0.1) is 0 Å². The fourth-order valence-corrected chi connectivity index (χ4v) is 5.64. The topological polar surface area (TPSA) is 174 Å². The van der Waals surface area contributed by atoms with E-state index >= 15 is 0 Å². The summed E-state index contributed by atoms with van der Waals surface area (Å²) in [4.78, 5) is 36.8. The number of thioether (sulfide) groups is 2. The summed E-state index contributed by atoms with van der Waals surface area (Å²) in [5, 5.41) is 41.1. The van der Waals surface area contributed by atoms with E-state index in [9.17, 15) is 19.5 Å². The van der Waals surface area contributed by atoms with Gasteiger partial charge in [0.2, 0.25) is 10.6 Å². The van der Waals surface area contributed by atoms with Crippen molar-refractivity contribution in [1.82, 2.24) is 30.4 Å². The van der Waals surface area contributed by atoms with E-state index < -0.39 is 41.2 Å². The predicted octanol–water partition coefficient (Wildman–Crippen LogP) is -1.08. The van der Waals surface area contributed by atoms with E-state index in [1.807, 2.05) is 6.07 Å². The first-order valence-electron chi connectivity index (χ1n) is 8.54. The minimum Gasteiger partial charge on any atom is -0.480 e. The number of β-lactam (4-membered cyclic amide) rings is 1. The molecule has 0 spiro atoms. The summed E-state index contributed by atoms with van der Waals surface area (Å²) in [6.07, 6.45) is 0. The normalized spacial score (nSPS) is 22.4. The van der Waals surface area contributed by atoms with Crippen molar-refractivity contribution < 1.29 is 24.6 Å². The Morgan fingerprint density at radius 2 is 2.19 bits per heavy atom. The third-order valence-electron chi connectivity index (χ3n) is 4.58. The molecule has 1 saturated heterocycles. The Hall–Kier alpha value is -3.14. The summed E-state index contributed by atoms with van der Waals surface area (Å²) < 4.78 is 1.09. The van der Waals surface area contributed by atoms with E-state index in [0.717, 1.165) is 16.4 Å². The lowest BCUT2D eigenvalue weighted by Crippen LogP contribution is -2.71. The molecule has 0 radical (unpaired) electrons. The molecule has 1 aromatic heterocycles. The molecule has 12 nitrogen and oxygen atoms in total. The fourth-order valence-electron chi connectivity index (χ4n) is 3.01. The van der Waals surface area contributed by atoms with Gasteiger partial charge in [-0.2, -0.15) is 5.26 Å². The van der Waals surface area contributed by atoms with Gasteiger partial charge in [0.25, 0.3) is 5.91 Å². The third-order valence-corrected chi connectivity index (χ3v) is 7.39. The number of nitrogens with zero attached hydrogens (tertiary/aromatic N) is 6. The molecule has 0 aromatic carbocycles. The van der Waals surface area contributed by atoms with Crippen molar-refractivity contribution in [3.63, 3.8) is 0 Å². The zero-order valence-electron chi connectivity index (χ0n) is 15.3. The monoisotopic (exact) mass is 477 g/mol. The molecule has 0 bridgehead atoms. The van der Waals surface area contributed by atoms with Gasteiger partial charge in [-0.1, -0.05) is 35.8 Å². The van der Waals surface area contributed by atoms with Crippen LogP contribution in [0.3, 0.4) is 0 Å². The number of fused-ring (bicyclic) bond motifs is 1. The molecular weight excluding hydrogens is 466 g/mol. The maximum atomic E-state index is 12.7. The van der Waals surface area contributed by atoms with Crippen molar-refractivity contribution >= 4 is 58.6 Å². The number of aliphatic carboxylic acids is 2. The third kappa shape index (κ3) is 3.71. The molecule has 158 valence electrons. The van der Waals surface area contributed by atoms with Crippen LogP contribution >= 0.6 is 35.7 Å². The Bertz CT molecular complexity index is 1150. The molecule has 3 aliphatic rings. The smallest absolute Gasteiger partial charge is 0.352 e. The zero-order valence-corrected chi connectivity index (χ0v) is 17.8. The number of aromatic nitrogens is 4. The summed E-state index contributed by atoms with van der Waals surface area (Å²) in [5.41, 5.74) is -0.847. The molecule has 2 atom stereocenters. The van der Waals surface area contributed by atoms with Crippen LogP contribution in [0.5, 0.6) is 0 Å². The number of amides is 1. The van der Waals surface area contributed by atoms with Gasteiger partial charge < -0.3 is 15.5 Å². The zero-order chi connectivity index (χ0) is 22.3. The van der Waals surface area contributed by atoms with Gasteiger partial charge in [-0.15, -0.1) is 16.9 Å². The minimum absolute atomic E-state index is 0.112.